The first-order valence-electron chi connectivity index (χ1n) is 28.8. The Balaban J connectivity index is 1.06. The molecule has 0 saturated carbocycles. The molecule has 434 valence electrons. The van der Waals surface area contributed by atoms with Crippen LogP contribution in [0.5, 0.6) is 5.75 Å². The first-order valence-corrected chi connectivity index (χ1v) is 28.8. The number of amides is 7. The van der Waals surface area contributed by atoms with E-state index < -0.39 is 83.9 Å². The number of fused-ring (bicyclic) bond motifs is 4. The van der Waals surface area contributed by atoms with Gasteiger partial charge < -0.3 is 61.9 Å². The van der Waals surface area contributed by atoms with Gasteiger partial charge >= 0.3 is 6.09 Å². The van der Waals surface area contributed by atoms with Crippen molar-refractivity contribution in [2.24, 2.45) is 5.73 Å². The molecule has 3 fully saturated rings. The molecule has 5 heterocycles. The molecular weight excluding hydrogens is 1050 g/mol. The van der Waals surface area contributed by atoms with Gasteiger partial charge in [-0.2, -0.15) is 0 Å². The average Bonchev–Trinajstić information content (AvgIpc) is 4.32. The number of carbonyl (C=O) groups excluding carboxylic acids is 7. The van der Waals surface area contributed by atoms with Crippen molar-refractivity contribution in [2.45, 2.75) is 100 Å². The topological polar surface area (TPSA) is 262 Å². The van der Waals surface area contributed by atoms with E-state index in [1.165, 1.54) is 9.80 Å². The number of aromatic amines is 1. The van der Waals surface area contributed by atoms with Gasteiger partial charge in [0.05, 0.1) is 6.54 Å². The molecule has 3 saturated heterocycles. The largest absolute Gasteiger partial charge is 0.489 e. The lowest BCUT2D eigenvalue weighted by atomic mass is 10.00. The third-order valence-electron chi connectivity index (χ3n) is 16.1. The van der Waals surface area contributed by atoms with Crippen LogP contribution in [-0.4, -0.2) is 156 Å². The summed E-state index contributed by atoms with van der Waals surface area (Å²) in [5.74, 6) is -3.21. The van der Waals surface area contributed by atoms with Crippen molar-refractivity contribution in [1.82, 2.24) is 51.6 Å². The van der Waals surface area contributed by atoms with Crippen LogP contribution < -0.4 is 42.4 Å². The monoisotopic (exact) mass is 1130 g/mol. The first-order chi connectivity index (χ1) is 40.5. The number of ether oxygens (including phenoxy) is 2. The van der Waals surface area contributed by atoms with Crippen LogP contribution in [0.1, 0.15) is 52.6 Å². The maximum atomic E-state index is 16.0. The molecule has 4 aliphatic rings. The minimum atomic E-state index is -1.30. The molecule has 5 aromatic carbocycles. The van der Waals surface area contributed by atoms with Crippen LogP contribution in [-0.2, 0) is 72.3 Å². The first kappa shape index (κ1) is 57.6. The van der Waals surface area contributed by atoms with E-state index in [4.69, 9.17) is 15.2 Å². The third kappa shape index (κ3) is 14.7. The fraction of sp³-hybridized carbons (Fsp3) is 0.381. The molecule has 7 atom stereocenters. The Morgan fingerprint density at radius 3 is 2.04 bits per heavy atom. The summed E-state index contributed by atoms with van der Waals surface area (Å²) in [5.41, 5.74) is 11.5. The number of nitrogens with one attached hydrogen (secondary N) is 7. The molecule has 0 unspecified atom stereocenters. The molecule has 10 rings (SSSR count). The fourth-order valence-electron chi connectivity index (χ4n) is 11.6. The molecule has 83 heavy (non-hydrogen) atoms. The number of benzene rings is 5. The predicted octanol–water partition coefficient (Wildman–Crippen LogP) is 3.02. The summed E-state index contributed by atoms with van der Waals surface area (Å²) >= 11 is 0. The molecule has 20 nitrogen and oxygen atoms in total. The minimum Gasteiger partial charge on any atom is -0.489 e. The zero-order chi connectivity index (χ0) is 57.7. The summed E-state index contributed by atoms with van der Waals surface area (Å²) in [6, 6.07) is 34.1. The van der Waals surface area contributed by atoms with Crippen LogP contribution in [0.3, 0.4) is 0 Å². The number of carbonyl (C=O) groups is 7. The Morgan fingerprint density at radius 1 is 0.627 bits per heavy atom. The molecule has 0 bridgehead atoms. The van der Waals surface area contributed by atoms with Crippen molar-refractivity contribution >= 4 is 52.4 Å². The smallest absolute Gasteiger partial charge is 0.407 e. The molecule has 0 spiro atoms. The SMILES string of the molecule is NCCNC(=O)O[C@@H]1C[C@H]2C(=O)N[C@H](CCc3ccccc3)C(=O)N[C@@H](Cc3c[nH]c4ccccc34)C(=O)N[C@@H](CN3CCNCC3)C(=O)N[C@@H](Cc3ccc(OCc4ccccc4)cc3)C(=O)N3Cc4ccccc4CC[C@H]3C(=O)N2C1. The summed E-state index contributed by atoms with van der Waals surface area (Å²) < 4.78 is 12.0. The van der Waals surface area contributed by atoms with Gasteiger partial charge in [-0.05, 0) is 77.3 Å². The summed E-state index contributed by atoms with van der Waals surface area (Å²) in [6.45, 7) is 2.85. The van der Waals surface area contributed by atoms with E-state index in [0.29, 0.717) is 62.5 Å². The van der Waals surface area contributed by atoms with Crippen LogP contribution in [0.25, 0.3) is 10.9 Å². The van der Waals surface area contributed by atoms with Gasteiger partial charge in [-0.3, -0.25) is 33.7 Å². The second kappa shape index (κ2) is 27.5. The highest BCUT2D eigenvalue weighted by Crippen LogP contribution is 2.30. The number of H-pyrrole nitrogens is 1. The summed E-state index contributed by atoms with van der Waals surface area (Å²) in [4.78, 5) is 114. The van der Waals surface area contributed by atoms with Crippen LogP contribution in [0.4, 0.5) is 4.79 Å². The third-order valence-corrected chi connectivity index (χ3v) is 16.1. The van der Waals surface area contributed by atoms with Crippen molar-refractivity contribution in [1.29, 1.82) is 0 Å². The molecule has 1 aromatic heterocycles. The van der Waals surface area contributed by atoms with Gasteiger partial charge in [-0.25, -0.2) is 4.79 Å². The van der Waals surface area contributed by atoms with Crippen LogP contribution in [0.2, 0.25) is 0 Å². The Labute approximate surface area is 482 Å². The standard InChI is InChI=1S/C63H73N11O9/c64-27-28-66-63(81)83-48-35-56-60(78)68-51(25-21-41-11-3-1-4-12-41)57(75)69-52(34-46-36-67-50-18-10-9-17-49(46)50)58(76)71-54(39-72-31-29-65-30-32-72)59(77)70-53(33-42-19-23-47(24-20-42)82-40-43-13-5-2-6-14-43)61(79)73-37-45-16-8-7-15-44(45)22-26-55(73)62(80)74(56)38-48/h1-20,23-24,36,48,51-56,65,67H,21-22,25-35,37-40,64H2,(H,66,81)(H,68,78)(H,69,75)(H,70,77)(H,71,76)/t48-,51-,52+,53+,54+,55+,56+/m1/s1. The number of aryl methyl sites for hydroxylation is 2. The van der Waals surface area contributed by atoms with Gasteiger partial charge in [0, 0.05) is 88.7 Å². The highest BCUT2D eigenvalue weighted by atomic mass is 16.6. The van der Waals surface area contributed by atoms with Crippen molar-refractivity contribution in [2.75, 3.05) is 52.4 Å². The molecule has 20 heteroatoms. The second-order valence-electron chi connectivity index (χ2n) is 21.8. The highest BCUT2D eigenvalue weighted by molar-refractivity contribution is 5.99. The summed E-state index contributed by atoms with van der Waals surface area (Å²) in [6.07, 6.45) is 0.819. The van der Waals surface area contributed by atoms with Gasteiger partial charge in [-0.1, -0.05) is 115 Å². The van der Waals surface area contributed by atoms with Crippen molar-refractivity contribution in [3.05, 3.63) is 173 Å². The molecule has 6 aromatic rings. The molecule has 0 aliphatic carbocycles. The van der Waals surface area contributed by atoms with E-state index in [9.17, 15) is 4.79 Å². The average molecular weight is 1130 g/mol. The zero-order valence-electron chi connectivity index (χ0n) is 46.4. The lowest BCUT2D eigenvalue weighted by Crippen LogP contribution is -2.63. The quantitative estimate of drug-likeness (QED) is 0.0739. The van der Waals surface area contributed by atoms with Crippen LogP contribution in [0, 0.1) is 0 Å². The van der Waals surface area contributed by atoms with Gasteiger partial charge in [0.1, 0.15) is 54.7 Å². The summed E-state index contributed by atoms with van der Waals surface area (Å²) in [7, 11) is 0. The lowest BCUT2D eigenvalue weighted by molar-refractivity contribution is -0.151. The van der Waals surface area contributed by atoms with Gasteiger partial charge in [-0.15, -0.1) is 0 Å². The number of hydrogen-bond acceptors (Lipinski definition) is 12. The van der Waals surface area contributed by atoms with Gasteiger partial charge in [0.2, 0.25) is 35.4 Å². The number of hydrogen-bond donors (Lipinski definition) is 8. The van der Waals surface area contributed by atoms with E-state index in [0.717, 1.165) is 33.2 Å². The maximum Gasteiger partial charge on any atom is 0.407 e. The number of rotatable bonds is 15. The molecule has 0 radical (unpaired) electrons. The second-order valence-corrected chi connectivity index (χ2v) is 21.8. The normalized spacial score (nSPS) is 23.0. The maximum absolute atomic E-state index is 16.0. The molecular formula is C63H73N11O9. The van der Waals surface area contributed by atoms with Crippen LogP contribution >= 0.6 is 0 Å². The fourth-order valence-corrected chi connectivity index (χ4v) is 11.6. The Bertz CT molecular complexity index is 3230. The Kier molecular flexibility index (Phi) is 19.1. The van der Waals surface area contributed by atoms with Crippen molar-refractivity contribution in [3.63, 3.8) is 0 Å². The van der Waals surface area contributed by atoms with Crippen LogP contribution in [0.15, 0.2) is 140 Å². The van der Waals surface area contributed by atoms with E-state index >= 15 is 28.8 Å². The Hall–Kier alpha value is -8.59. The zero-order valence-corrected chi connectivity index (χ0v) is 46.4. The van der Waals surface area contributed by atoms with E-state index in [1.54, 1.807) is 18.3 Å². The number of alkyl carbamates (subject to hydrolysis) is 1. The number of piperazine rings is 1. The van der Waals surface area contributed by atoms with E-state index in [2.05, 4.69) is 41.8 Å². The molecule has 4 aliphatic heterocycles. The summed E-state index contributed by atoms with van der Waals surface area (Å²) in [5, 5.41) is 18.9. The number of para-hydroxylation sites is 1. The van der Waals surface area contributed by atoms with Crippen molar-refractivity contribution < 1.29 is 43.0 Å². The highest BCUT2D eigenvalue weighted by Gasteiger charge is 2.47. The Morgan fingerprint density at radius 2 is 1.28 bits per heavy atom. The van der Waals surface area contributed by atoms with E-state index in [-0.39, 0.29) is 64.8 Å². The lowest BCUT2D eigenvalue weighted by Gasteiger charge is -2.37. The number of aromatic nitrogens is 1. The van der Waals surface area contributed by atoms with Crippen molar-refractivity contribution in [3.8, 4) is 5.75 Å². The predicted molar refractivity (Wildman–Crippen MR) is 311 cm³/mol. The molecule has 7 amide bonds. The van der Waals surface area contributed by atoms with Gasteiger partial charge in [0.25, 0.3) is 0 Å². The minimum absolute atomic E-state index is 0.0109. The number of nitrogens with two attached hydrogens (primary N) is 1. The number of nitrogens with zero attached hydrogens (tertiary/aromatic N) is 3. The van der Waals surface area contributed by atoms with Gasteiger partial charge in [0.15, 0.2) is 0 Å². The van der Waals surface area contributed by atoms with E-state index in [1.807, 2.05) is 121 Å². The molecule has 9 N–H and O–H groups in total.